The topological polar surface area (TPSA) is 93.0 Å². The van der Waals surface area contributed by atoms with Gasteiger partial charge in [-0.3, -0.25) is 0 Å². The largest absolute Gasteiger partial charge is 0.444 e. The summed E-state index contributed by atoms with van der Waals surface area (Å²) in [6.07, 6.45) is 5.29. The number of nitrogens with zero attached hydrogens (tertiary/aromatic N) is 6. The third-order valence-corrected chi connectivity index (χ3v) is 10.1. The van der Waals surface area contributed by atoms with Crippen molar-refractivity contribution < 1.29 is 14.3 Å². The number of benzene rings is 1. The van der Waals surface area contributed by atoms with Crippen LogP contribution in [-0.2, 0) is 4.74 Å². The number of carbonyl (C=O) groups is 2. The Bertz CT molecular complexity index is 1550. The van der Waals surface area contributed by atoms with Crippen LogP contribution < -0.4 is 4.90 Å². The Labute approximate surface area is 257 Å². The molecule has 0 saturated carbocycles. The van der Waals surface area contributed by atoms with Crippen molar-refractivity contribution in [3.05, 3.63) is 47.7 Å². The lowest BCUT2D eigenvalue weighted by atomic mass is 9.89. The van der Waals surface area contributed by atoms with Crippen molar-refractivity contribution >= 4 is 39.4 Å². The number of urea groups is 1. The predicted octanol–water partition coefficient (Wildman–Crippen LogP) is 6.29. The van der Waals surface area contributed by atoms with Crippen molar-refractivity contribution in [3.63, 3.8) is 0 Å². The van der Waals surface area contributed by atoms with Gasteiger partial charge in [0, 0.05) is 62.8 Å². The molecule has 9 nitrogen and oxygen atoms in total. The smallest absolute Gasteiger partial charge is 0.410 e. The number of pyridine rings is 1. The molecule has 3 aliphatic heterocycles. The number of thiophene rings is 1. The molecule has 5 heterocycles. The number of anilines is 1. The van der Waals surface area contributed by atoms with E-state index in [4.69, 9.17) is 9.72 Å². The first-order valence-electron chi connectivity index (χ1n) is 15.3. The van der Waals surface area contributed by atoms with Gasteiger partial charge in [-0.05, 0) is 69.6 Å². The van der Waals surface area contributed by atoms with Gasteiger partial charge >= 0.3 is 12.1 Å². The molecule has 6 rings (SSSR count). The van der Waals surface area contributed by atoms with E-state index in [1.165, 1.54) is 5.56 Å². The summed E-state index contributed by atoms with van der Waals surface area (Å²) in [5.41, 5.74) is 2.51. The van der Waals surface area contributed by atoms with E-state index in [0.717, 1.165) is 78.2 Å². The van der Waals surface area contributed by atoms with E-state index in [1.807, 2.05) is 37.6 Å². The second kappa shape index (κ2) is 11.7. The van der Waals surface area contributed by atoms with Crippen LogP contribution in [0.1, 0.15) is 63.5 Å². The van der Waals surface area contributed by atoms with E-state index in [0.29, 0.717) is 24.6 Å². The zero-order valence-electron chi connectivity index (χ0n) is 25.5. The minimum Gasteiger partial charge on any atom is -0.444 e. The molecule has 0 bridgehead atoms. The summed E-state index contributed by atoms with van der Waals surface area (Å²) in [4.78, 5) is 38.9. The van der Waals surface area contributed by atoms with Crippen LogP contribution in [0.5, 0.6) is 0 Å². The number of piperidine rings is 2. The van der Waals surface area contributed by atoms with Crippen molar-refractivity contribution in [1.29, 1.82) is 5.26 Å². The number of aromatic nitrogens is 1. The summed E-state index contributed by atoms with van der Waals surface area (Å²) in [6.45, 7) is 10.3. The second-order valence-electron chi connectivity index (χ2n) is 13.0. The first-order chi connectivity index (χ1) is 20.6. The van der Waals surface area contributed by atoms with E-state index in [1.54, 1.807) is 22.4 Å². The van der Waals surface area contributed by atoms with Gasteiger partial charge in [-0.2, -0.15) is 5.26 Å². The zero-order valence-corrected chi connectivity index (χ0v) is 26.3. The molecule has 3 amide bonds. The lowest BCUT2D eigenvalue weighted by molar-refractivity contribution is 0.0205. The molecule has 0 aliphatic carbocycles. The molecule has 2 aromatic heterocycles. The minimum absolute atomic E-state index is 0.111. The quantitative estimate of drug-likeness (QED) is 0.350. The second-order valence-corrected chi connectivity index (χ2v) is 14.0. The van der Waals surface area contributed by atoms with E-state index in [-0.39, 0.29) is 18.2 Å². The average Bonchev–Trinajstić information content (AvgIpc) is 3.59. The Morgan fingerprint density at radius 3 is 2.47 bits per heavy atom. The van der Waals surface area contributed by atoms with Gasteiger partial charge in [0.25, 0.3) is 0 Å². The molecular formula is C33H40N6O3S. The number of carbonyl (C=O) groups excluding carboxylic acids is 2. The number of hydrogen-bond donors (Lipinski definition) is 0. The van der Waals surface area contributed by atoms with Gasteiger partial charge in [0.05, 0.1) is 16.3 Å². The van der Waals surface area contributed by atoms with E-state index >= 15 is 0 Å². The monoisotopic (exact) mass is 600 g/mol. The van der Waals surface area contributed by atoms with Gasteiger partial charge in [0.1, 0.15) is 17.5 Å². The van der Waals surface area contributed by atoms with Crippen molar-refractivity contribution in [2.75, 3.05) is 51.2 Å². The third kappa shape index (κ3) is 6.00. The molecule has 3 saturated heterocycles. The van der Waals surface area contributed by atoms with Crippen molar-refractivity contribution in [2.24, 2.45) is 0 Å². The fourth-order valence-electron chi connectivity index (χ4n) is 6.53. The number of likely N-dealkylation sites (N-methyl/N-ethyl adjacent to an activating group) is 1. The van der Waals surface area contributed by atoms with Crippen molar-refractivity contribution in [2.45, 2.75) is 64.0 Å². The Morgan fingerprint density at radius 2 is 1.81 bits per heavy atom. The summed E-state index contributed by atoms with van der Waals surface area (Å²) in [5, 5.41) is 10.9. The highest BCUT2D eigenvalue weighted by atomic mass is 32.1. The molecule has 0 radical (unpaired) electrons. The molecule has 43 heavy (non-hydrogen) atoms. The summed E-state index contributed by atoms with van der Waals surface area (Å²) >= 11 is 1.64. The number of amides is 3. The van der Waals surface area contributed by atoms with Gasteiger partial charge in [0.2, 0.25) is 0 Å². The molecule has 10 heteroatoms. The van der Waals surface area contributed by atoms with Crippen LogP contribution in [-0.4, -0.2) is 89.8 Å². The fraction of sp³-hybridized carbons (Fsp3) is 0.515. The molecule has 0 N–H and O–H groups in total. The Kier molecular flexibility index (Phi) is 7.94. The normalized spacial score (nSPS) is 20.2. The number of ether oxygens (including phenoxy) is 1. The lowest BCUT2D eigenvalue weighted by Crippen LogP contribution is -2.49. The number of hydrogen-bond acceptors (Lipinski definition) is 7. The number of likely N-dealkylation sites (tertiary alicyclic amines) is 1. The number of fused-ring (bicyclic) bond motifs is 1. The SMILES string of the molecule is CN1CCN([C@@H]2CCCN(c3ncc(C#N)c4sc(-c5ccc(C6CCN(C(=O)OC(C)(C)C)CC6)cc5)cc34)C2)C1=O. The van der Waals surface area contributed by atoms with Gasteiger partial charge in [-0.15, -0.1) is 11.3 Å². The zero-order chi connectivity index (χ0) is 30.3. The molecule has 3 aromatic rings. The highest BCUT2D eigenvalue weighted by Crippen LogP contribution is 2.40. The predicted molar refractivity (Wildman–Crippen MR) is 170 cm³/mol. The highest BCUT2D eigenvalue weighted by molar-refractivity contribution is 7.22. The third-order valence-electron chi connectivity index (χ3n) is 8.85. The van der Waals surface area contributed by atoms with Crippen LogP contribution in [0.15, 0.2) is 36.5 Å². The van der Waals surface area contributed by atoms with E-state index < -0.39 is 5.60 Å². The van der Waals surface area contributed by atoms with Gasteiger partial charge in [-0.1, -0.05) is 24.3 Å². The lowest BCUT2D eigenvalue weighted by Gasteiger charge is -2.38. The maximum atomic E-state index is 12.7. The summed E-state index contributed by atoms with van der Waals surface area (Å²) in [6, 6.07) is 13.5. The van der Waals surface area contributed by atoms with Crippen LogP contribution in [0, 0.1) is 11.3 Å². The average molecular weight is 601 g/mol. The maximum Gasteiger partial charge on any atom is 0.410 e. The van der Waals surface area contributed by atoms with Gasteiger partial charge in [-0.25, -0.2) is 14.6 Å². The summed E-state index contributed by atoms with van der Waals surface area (Å²) in [5.74, 6) is 1.31. The van der Waals surface area contributed by atoms with Crippen LogP contribution in [0.2, 0.25) is 0 Å². The van der Waals surface area contributed by atoms with Crippen LogP contribution >= 0.6 is 11.3 Å². The maximum absolute atomic E-state index is 12.7. The first kappa shape index (κ1) is 29.2. The van der Waals surface area contributed by atoms with Gasteiger partial charge < -0.3 is 24.3 Å². The minimum atomic E-state index is -0.483. The first-order valence-corrected chi connectivity index (χ1v) is 16.1. The molecule has 1 atom stereocenters. The Hall–Kier alpha value is -3.84. The van der Waals surface area contributed by atoms with E-state index in [9.17, 15) is 14.9 Å². The Morgan fingerprint density at radius 1 is 1.07 bits per heavy atom. The van der Waals surface area contributed by atoms with Crippen LogP contribution in [0.25, 0.3) is 20.5 Å². The molecule has 0 unspecified atom stereocenters. The van der Waals surface area contributed by atoms with Crippen LogP contribution in [0.3, 0.4) is 0 Å². The molecule has 1 aromatic carbocycles. The van der Waals surface area contributed by atoms with Crippen LogP contribution in [0.4, 0.5) is 15.4 Å². The Balaban J connectivity index is 1.19. The summed E-state index contributed by atoms with van der Waals surface area (Å²) in [7, 11) is 1.86. The molecule has 226 valence electrons. The van der Waals surface area contributed by atoms with Crippen molar-refractivity contribution in [3.8, 4) is 16.5 Å². The molecule has 0 spiro atoms. The van der Waals surface area contributed by atoms with E-state index in [2.05, 4.69) is 41.3 Å². The highest BCUT2D eigenvalue weighted by Gasteiger charge is 2.35. The standard InChI is InChI=1S/C33H40N6O3S/c1-33(2,3)42-32(41)37-14-11-23(12-15-37)22-7-9-24(10-8-22)28-18-27-29(43-28)25(19-34)20-35-30(27)38-13-5-6-26(21-38)39-17-16-36(4)31(39)40/h7-10,18,20,23,26H,5-6,11-17,21H2,1-4H3/t26-/m1/s1. The number of nitriles is 1. The molecular weight excluding hydrogens is 560 g/mol. The molecule has 3 aliphatic rings. The fourth-order valence-corrected chi connectivity index (χ4v) is 7.65. The number of rotatable bonds is 4. The van der Waals surface area contributed by atoms with Crippen molar-refractivity contribution in [1.82, 2.24) is 19.7 Å². The molecule has 3 fully saturated rings. The van der Waals surface area contributed by atoms with Gasteiger partial charge in [0.15, 0.2) is 0 Å². The summed E-state index contributed by atoms with van der Waals surface area (Å²) < 4.78 is 6.51.